The van der Waals surface area contributed by atoms with E-state index in [2.05, 4.69) is 11.4 Å². The average molecular weight is 487 g/mol. The molecule has 2 aliphatic rings. The standard InChI is InChI=1S/C25H30N2O6S/c1-2-32-20-8-10-21(11-9-20)33-24-13-12-22(34(29,30)27-14-16-31-17-15-27)18-23(24)26-25(28)19-6-4-3-5-7-19/h3-4,8-13,18-19H,2,5-7,14-17H2,1H3,(H,26,28)/t19-/m1/s1. The Labute approximate surface area is 200 Å². The lowest BCUT2D eigenvalue weighted by molar-refractivity contribution is -0.120. The lowest BCUT2D eigenvalue weighted by Gasteiger charge is -2.26. The number of benzene rings is 2. The number of allylic oxidation sites excluding steroid dienone is 2. The topological polar surface area (TPSA) is 94.2 Å². The molecule has 0 unspecified atom stereocenters. The summed E-state index contributed by atoms with van der Waals surface area (Å²) in [7, 11) is -3.73. The van der Waals surface area contributed by atoms with Crippen LogP contribution in [0.1, 0.15) is 26.2 Å². The van der Waals surface area contributed by atoms with Crippen LogP contribution in [0.15, 0.2) is 59.5 Å². The molecule has 1 heterocycles. The zero-order chi connectivity index (χ0) is 24.0. The minimum Gasteiger partial charge on any atom is -0.494 e. The number of hydrogen-bond donors (Lipinski definition) is 1. The maximum atomic E-state index is 13.2. The number of amides is 1. The number of rotatable bonds is 8. The third-order valence-electron chi connectivity index (χ3n) is 5.82. The summed E-state index contributed by atoms with van der Waals surface area (Å²) in [5.41, 5.74) is 0.322. The molecular formula is C25H30N2O6S. The molecule has 34 heavy (non-hydrogen) atoms. The summed E-state index contributed by atoms with van der Waals surface area (Å²) in [6.07, 6.45) is 6.33. The van der Waals surface area contributed by atoms with Gasteiger partial charge in [0.1, 0.15) is 11.5 Å². The molecule has 1 aliphatic carbocycles. The van der Waals surface area contributed by atoms with Crippen molar-refractivity contribution in [3.63, 3.8) is 0 Å². The number of anilines is 1. The Kier molecular flexibility index (Phi) is 7.87. The Hall–Kier alpha value is -2.88. The molecule has 1 amide bonds. The fraction of sp³-hybridized carbons (Fsp3) is 0.400. The lowest BCUT2D eigenvalue weighted by Crippen LogP contribution is -2.40. The molecule has 1 atom stereocenters. The fourth-order valence-electron chi connectivity index (χ4n) is 3.96. The zero-order valence-corrected chi connectivity index (χ0v) is 20.1. The molecule has 0 spiro atoms. The van der Waals surface area contributed by atoms with E-state index in [-0.39, 0.29) is 16.7 Å². The van der Waals surface area contributed by atoms with Crippen molar-refractivity contribution in [3.05, 3.63) is 54.6 Å². The number of carbonyl (C=O) groups excluding carboxylic acids is 1. The highest BCUT2D eigenvalue weighted by molar-refractivity contribution is 7.89. The number of carbonyl (C=O) groups is 1. The fourth-order valence-corrected chi connectivity index (χ4v) is 5.39. The smallest absolute Gasteiger partial charge is 0.243 e. The summed E-state index contributed by atoms with van der Waals surface area (Å²) in [6.45, 7) is 3.78. The van der Waals surface area contributed by atoms with Crippen LogP contribution in [-0.4, -0.2) is 51.5 Å². The first-order chi connectivity index (χ1) is 16.5. The second-order valence-electron chi connectivity index (χ2n) is 8.15. The molecule has 0 aromatic heterocycles. The van der Waals surface area contributed by atoms with Gasteiger partial charge < -0.3 is 19.5 Å². The van der Waals surface area contributed by atoms with Crippen molar-refractivity contribution in [2.45, 2.75) is 31.1 Å². The SMILES string of the molecule is CCOc1ccc(Oc2ccc(S(=O)(=O)N3CCOCC3)cc2NC(=O)[C@@H]2CC=CCC2)cc1. The molecule has 8 nitrogen and oxygen atoms in total. The minimum absolute atomic E-state index is 0.104. The molecular weight excluding hydrogens is 456 g/mol. The highest BCUT2D eigenvalue weighted by Gasteiger charge is 2.28. The Balaban J connectivity index is 1.62. The maximum absolute atomic E-state index is 13.2. The second kappa shape index (κ2) is 11.0. The Morgan fingerprint density at radius 1 is 1.09 bits per heavy atom. The van der Waals surface area contributed by atoms with Crippen LogP contribution in [0.25, 0.3) is 0 Å². The van der Waals surface area contributed by atoms with Gasteiger partial charge in [0.25, 0.3) is 0 Å². The van der Waals surface area contributed by atoms with E-state index in [1.807, 2.05) is 13.0 Å². The highest BCUT2D eigenvalue weighted by atomic mass is 32.2. The van der Waals surface area contributed by atoms with E-state index in [1.165, 1.54) is 16.4 Å². The molecule has 0 radical (unpaired) electrons. The van der Waals surface area contributed by atoms with Gasteiger partial charge in [0, 0.05) is 19.0 Å². The lowest BCUT2D eigenvalue weighted by atomic mass is 9.93. The number of hydrogen-bond acceptors (Lipinski definition) is 6. The quantitative estimate of drug-likeness (QED) is 0.562. The third-order valence-corrected chi connectivity index (χ3v) is 7.71. The van der Waals surface area contributed by atoms with Gasteiger partial charge in [0.15, 0.2) is 5.75 Å². The molecule has 2 aromatic rings. The summed E-state index contributed by atoms with van der Waals surface area (Å²) < 4.78 is 44.6. The molecule has 1 saturated heterocycles. The van der Waals surface area contributed by atoms with E-state index in [0.29, 0.717) is 56.5 Å². The monoisotopic (exact) mass is 486 g/mol. The van der Waals surface area contributed by atoms with Crippen molar-refractivity contribution in [1.29, 1.82) is 0 Å². The van der Waals surface area contributed by atoms with Gasteiger partial charge in [-0.2, -0.15) is 4.31 Å². The van der Waals surface area contributed by atoms with Gasteiger partial charge in [0.05, 0.1) is 30.4 Å². The number of nitrogens with zero attached hydrogens (tertiary/aromatic N) is 1. The average Bonchev–Trinajstić information content (AvgIpc) is 2.87. The van der Waals surface area contributed by atoms with E-state index >= 15 is 0 Å². The first-order valence-corrected chi connectivity index (χ1v) is 13.0. The van der Waals surface area contributed by atoms with Crippen molar-refractivity contribution in [1.82, 2.24) is 4.31 Å². The summed E-state index contributed by atoms with van der Waals surface area (Å²) in [6, 6.07) is 11.7. The molecule has 9 heteroatoms. The predicted molar refractivity (Wildman–Crippen MR) is 129 cm³/mol. The third kappa shape index (κ3) is 5.78. The molecule has 1 N–H and O–H groups in total. The number of sulfonamides is 1. The Morgan fingerprint density at radius 2 is 1.82 bits per heavy atom. The molecule has 4 rings (SSSR count). The normalized spacial score (nSPS) is 18.9. The van der Waals surface area contributed by atoms with Gasteiger partial charge in [-0.15, -0.1) is 0 Å². The largest absolute Gasteiger partial charge is 0.494 e. The molecule has 1 aliphatic heterocycles. The molecule has 0 bridgehead atoms. The van der Waals surface area contributed by atoms with Crippen molar-refractivity contribution in [3.8, 4) is 17.2 Å². The number of nitrogens with one attached hydrogen (secondary N) is 1. The van der Waals surface area contributed by atoms with Gasteiger partial charge in [-0.25, -0.2) is 8.42 Å². The van der Waals surface area contributed by atoms with Crippen LogP contribution in [0.2, 0.25) is 0 Å². The molecule has 2 aromatic carbocycles. The van der Waals surface area contributed by atoms with Crippen molar-refractivity contribution in [2.75, 3.05) is 38.2 Å². The van der Waals surface area contributed by atoms with Crippen LogP contribution in [0.3, 0.4) is 0 Å². The zero-order valence-electron chi connectivity index (χ0n) is 19.2. The summed E-state index contributed by atoms with van der Waals surface area (Å²) >= 11 is 0. The van der Waals surface area contributed by atoms with E-state index in [1.54, 1.807) is 30.3 Å². The summed E-state index contributed by atoms with van der Waals surface area (Å²) in [5, 5.41) is 2.92. The van der Waals surface area contributed by atoms with E-state index < -0.39 is 10.0 Å². The van der Waals surface area contributed by atoms with Crippen LogP contribution in [0.5, 0.6) is 17.2 Å². The van der Waals surface area contributed by atoms with Crippen LogP contribution in [-0.2, 0) is 19.6 Å². The molecule has 0 saturated carbocycles. The molecule has 182 valence electrons. The highest BCUT2D eigenvalue weighted by Crippen LogP contribution is 2.34. The van der Waals surface area contributed by atoms with Gasteiger partial charge in [0.2, 0.25) is 15.9 Å². The van der Waals surface area contributed by atoms with Gasteiger partial charge in [-0.1, -0.05) is 12.2 Å². The van der Waals surface area contributed by atoms with Gasteiger partial charge in [-0.05, 0) is 68.7 Å². The van der Waals surface area contributed by atoms with Gasteiger partial charge in [-0.3, -0.25) is 4.79 Å². The maximum Gasteiger partial charge on any atom is 0.243 e. The Morgan fingerprint density at radius 3 is 2.50 bits per heavy atom. The van der Waals surface area contributed by atoms with Gasteiger partial charge >= 0.3 is 0 Å². The van der Waals surface area contributed by atoms with Crippen LogP contribution in [0, 0.1) is 5.92 Å². The van der Waals surface area contributed by atoms with Crippen LogP contribution < -0.4 is 14.8 Å². The van der Waals surface area contributed by atoms with E-state index in [0.717, 1.165) is 18.6 Å². The second-order valence-corrected chi connectivity index (χ2v) is 10.1. The first kappa shape index (κ1) is 24.3. The summed E-state index contributed by atoms with van der Waals surface area (Å²) in [5.74, 6) is 1.32. The molecule has 1 fully saturated rings. The minimum atomic E-state index is -3.73. The van der Waals surface area contributed by atoms with Crippen molar-refractivity contribution in [2.24, 2.45) is 5.92 Å². The predicted octanol–water partition coefficient (Wildman–Crippen LogP) is 4.19. The number of morpholine rings is 1. The first-order valence-electron chi connectivity index (χ1n) is 11.6. The van der Waals surface area contributed by atoms with Crippen LogP contribution >= 0.6 is 0 Å². The van der Waals surface area contributed by atoms with Crippen molar-refractivity contribution < 1.29 is 27.4 Å². The van der Waals surface area contributed by atoms with E-state index in [4.69, 9.17) is 14.2 Å². The van der Waals surface area contributed by atoms with Crippen molar-refractivity contribution >= 4 is 21.6 Å². The summed E-state index contributed by atoms with van der Waals surface area (Å²) in [4.78, 5) is 13.1. The number of ether oxygens (including phenoxy) is 3. The Bertz CT molecular complexity index is 1120. The van der Waals surface area contributed by atoms with Crippen LogP contribution in [0.4, 0.5) is 5.69 Å². The van der Waals surface area contributed by atoms with E-state index in [9.17, 15) is 13.2 Å².